The molecule has 1 atom stereocenters. The molecule has 0 saturated carbocycles. The summed E-state index contributed by atoms with van der Waals surface area (Å²) in [5.41, 5.74) is 0. The van der Waals surface area contributed by atoms with Crippen molar-refractivity contribution in [3.8, 4) is 0 Å². The minimum atomic E-state index is 0.305. The highest BCUT2D eigenvalue weighted by molar-refractivity contribution is 5.76. The lowest BCUT2D eigenvalue weighted by molar-refractivity contribution is -0.117. The second kappa shape index (κ2) is 3.71. The Hall–Kier alpha value is -0.370. The van der Waals surface area contributed by atoms with Crippen molar-refractivity contribution < 1.29 is 4.79 Å². The first-order chi connectivity index (χ1) is 4.79. The number of hydrogen-bond acceptors (Lipinski definition) is 2. The molecule has 0 aromatic rings. The third-order valence-corrected chi connectivity index (χ3v) is 1.95. The molecule has 1 rings (SSSR count). The molecule has 0 aromatic heterocycles. The Kier molecular flexibility index (Phi) is 2.87. The van der Waals surface area contributed by atoms with Gasteiger partial charge < -0.3 is 5.32 Å². The van der Waals surface area contributed by atoms with Crippen LogP contribution in [-0.4, -0.2) is 18.4 Å². The largest absolute Gasteiger partial charge is 0.314 e. The van der Waals surface area contributed by atoms with Gasteiger partial charge in [0.1, 0.15) is 5.78 Å². The van der Waals surface area contributed by atoms with Crippen molar-refractivity contribution in [1.82, 2.24) is 5.32 Å². The highest BCUT2D eigenvalue weighted by atomic mass is 16.1. The lowest BCUT2D eigenvalue weighted by Gasteiger charge is -2.21. The molecular formula is C8H15NO. The molecule has 0 bridgehead atoms. The van der Waals surface area contributed by atoms with Gasteiger partial charge in [-0.15, -0.1) is 0 Å². The van der Waals surface area contributed by atoms with E-state index < -0.39 is 0 Å². The summed E-state index contributed by atoms with van der Waals surface area (Å²) in [6.45, 7) is 2.76. The van der Waals surface area contributed by atoms with E-state index in [4.69, 9.17) is 0 Å². The molecule has 1 heterocycles. The summed E-state index contributed by atoms with van der Waals surface area (Å²) in [5, 5.41) is 3.33. The third kappa shape index (κ3) is 2.48. The predicted octanol–water partition coefficient (Wildman–Crippen LogP) is 1.11. The first-order valence-electron chi connectivity index (χ1n) is 4.02. The average Bonchev–Trinajstić information content (AvgIpc) is 1.88. The zero-order valence-electron chi connectivity index (χ0n) is 6.52. The smallest absolute Gasteiger partial charge is 0.131 e. The van der Waals surface area contributed by atoms with Crippen molar-refractivity contribution in [3.05, 3.63) is 0 Å². The molecule has 0 amide bonds. The first-order valence-corrected chi connectivity index (χ1v) is 4.02. The van der Waals surface area contributed by atoms with Crippen molar-refractivity contribution in [3.63, 3.8) is 0 Å². The highest BCUT2D eigenvalue weighted by Crippen LogP contribution is 2.09. The van der Waals surface area contributed by atoms with Crippen LogP contribution in [0.5, 0.6) is 0 Å². The molecule has 2 heteroatoms. The molecule has 1 unspecified atom stereocenters. The molecule has 1 fully saturated rings. The van der Waals surface area contributed by atoms with Gasteiger partial charge in [-0.25, -0.2) is 0 Å². The standard InChI is InChI=1S/C8H15NO/c1-7(10)6-8-4-2-3-5-9-8/h8-9H,2-6H2,1H3. The summed E-state index contributed by atoms with van der Waals surface area (Å²) in [6, 6.07) is 0.478. The molecule has 10 heavy (non-hydrogen) atoms. The molecule has 1 N–H and O–H groups in total. The summed E-state index contributed by atoms with van der Waals surface area (Å²) in [4.78, 5) is 10.7. The van der Waals surface area contributed by atoms with Gasteiger partial charge >= 0.3 is 0 Å². The summed E-state index contributed by atoms with van der Waals surface area (Å²) < 4.78 is 0. The van der Waals surface area contributed by atoms with E-state index >= 15 is 0 Å². The van der Waals surface area contributed by atoms with Gasteiger partial charge in [0.2, 0.25) is 0 Å². The molecule has 1 aliphatic heterocycles. The van der Waals surface area contributed by atoms with Gasteiger partial charge in [-0.2, -0.15) is 0 Å². The second-order valence-electron chi connectivity index (χ2n) is 3.05. The van der Waals surface area contributed by atoms with Crippen LogP contribution >= 0.6 is 0 Å². The van der Waals surface area contributed by atoms with Crippen LogP contribution in [0.25, 0.3) is 0 Å². The van der Waals surface area contributed by atoms with Gasteiger partial charge in [-0.1, -0.05) is 6.42 Å². The number of rotatable bonds is 2. The Morgan fingerprint density at radius 2 is 2.40 bits per heavy atom. The van der Waals surface area contributed by atoms with Gasteiger partial charge in [0.25, 0.3) is 0 Å². The van der Waals surface area contributed by atoms with Crippen molar-refractivity contribution in [1.29, 1.82) is 0 Å². The number of Topliss-reactive ketones (excluding diaryl/α,β-unsaturated/α-hetero) is 1. The zero-order chi connectivity index (χ0) is 7.40. The number of hydrogen-bond donors (Lipinski definition) is 1. The van der Waals surface area contributed by atoms with Crippen molar-refractivity contribution in [2.75, 3.05) is 6.54 Å². The molecule has 2 nitrogen and oxygen atoms in total. The average molecular weight is 141 g/mol. The maximum absolute atomic E-state index is 10.7. The van der Waals surface area contributed by atoms with E-state index in [1.54, 1.807) is 6.92 Å². The lowest BCUT2D eigenvalue weighted by atomic mass is 10.0. The molecular weight excluding hydrogens is 126 g/mol. The van der Waals surface area contributed by atoms with Crippen LogP contribution in [0.3, 0.4) is 0 Å². The van der Waals surface area contributed by atoms with Gasteiger partial charge in [-0.3, -0.25) is 4.79 Å². The van der Waals surface area contributed by atoms with Gasteiger partial charge in [0.15, 0.2) is 0 Å². The molecule has 0 aromatic carbocycles. The van der Waals surface area contributed by atoms with Crippen molar-refractivity contribution in [2.24, 2.45) is 0 Å². The predicted molar refractivity (Wildman–Crippen MR) is 40.9 cm³/mol. The summed E-state index contributed by atoms with van der Waals surface area (Å²) in [6.07, 6.45) is 4.46. The number of piperidine rings is 1. The Bertz CT molecular complexity index is 116. The highest BCUT2D eigenvalue weighted by Gasteiger charge is 2.13. The van der Waals surface area contributed by atoms with E-state index in [-0.39, 0.29) is 0 Å². The summed E-state index contributed by atoms with van der Waals surface area (Å²) >= 11 is 0. The summed E-state index contributed by atoms with van der Waals surface area (Å²) in [7, 11) is 0. The van der Waals surface area contributed by atoms with Crippen LogP contribution in [0.2, 0.25) is 0 Å². The Morgan fingerprint density at radius 3 is 2.90 bits per heavy atom. The quantitative estimate of drug-likeness (QED) is 0.624. The van der Waals surface area contributed by atoms with E-state index in [2.05, 4.69) is 5.32 Å². The number of carbonyl (C=O) groups excluding carboxylic acids is 1. The van der Waals surface area contributed by atoms with E-state index in [0.717, 1.165) is 13.0 Å². The molecule has 1 saturated heterocycles. The second-order valence-corrected chi connectivity index (χ2v) is 3.05. The molecule has 0 aliphatic carbocycles. The lowest BCUT2D eigenvalue weighted by Crippen LogP contribution is -2.35. The molecule has 0 radical (unpaired) electrons. The maximum atomic E-state index is 10.7. The third-order valence-electron chi connectivity index (χ3n) is 1.95. The Morgan fingerprint density at radius 1 is 1.60 bits per heavy atom. The van der Waals surface area contributed by atoms with Crippen LogP contribution in [-0.2, 0) is 4.79 Å². The van der Waals surface area contributed by atoms with Crippen LogP contribution in [0.1, 0.15) is 32.6 Å². The topological polar surface area (TPSA) is 29.1 Å². The van der Waals surface area contributed by atoms with Crippen LogP contribution in [0.15, 0.2) is 0 Å². The SMILES string of the molecule is CC(=O)CC1CCCCN1. The van der Waals surface area contributed by atoms with E-state index in [1.807, 2.05) is 0 Å². The van der Waals surface area contributed by atoms with E-state index in [9.17, 15) is 4.79 Å². The van der Waals surface area contributed by atoms with Crippen LogP contribution < -0.4 is 5.32 Å². The van der Waals surface area contributed by atoms with E-state index in [0.29, 0.717) is 11.8 Å². The molecule has 0 spiro atoms. The summed E-state index contributed by atoms with van der Waals surface area (Å²) in [5.74, 6) is 0.305. The maximum Gasteiger partial charge on any atom is 0.131 e. The van der Waals surface area contributed by atoms with Crippen molar-refractivity contribution in [2.45, 2.75) is 38.6 Å². The van der Waals surface area contributed by atoms with E-state index in [1.165, 1.54) is 19.3 Å². The van der Waals surface area contributed by atoms with Gasteiger partial charge in [-0.05, 0) is 26.3 Å². The molecule has 1 aliphatic rings. The Balaban J connectivity index is 2.19. The molecule has 58 valence electrons. The number of nitrogens with one attached hydrogen (secondary N) is 1. The number of carbonyl (C=O) groups is 1. The minimum absolute atomic E-state index is 0.305. The Labute approximate surface area is 62.0 Å². The normalized spacial score (nSPS) is 26.3. The first kappa shape index (κ1) is 7.73. The van der Waals surface area contributed by atoms with Gasteiger partial charge in [0.05, 0.1) is 0 Å². The number of ketones is 1. The van der Waals surface area contributed by atoms with Crippen LogP contribution in [0.4, 0.5) is 0 Å². The van der Waals surface area contributed by atoms with Crippen molar-refractivity contribution >= 4 is 5.78 Å². The fourth-order valence-electron chi connectivity index (χ4n) is 1.45. The van der Waals surface area contributed by atoms with Gasteiger partial charge in [0, 0.05) is 12.5 Å². The zero-order valence-corrected chi connectivity index (χ0v) is 6.52. The fourth-order valence-corrected chi connectivity index (χ4v) is 1.45. The monoisotopic (exact) mass is 141 g/mol. The fraction of sp³-hybridized carbons (Fsp3) is 0.875. The van der Waals surface area contributed by atoms with Crippen LogP contribution in [0, 0.1) is 0 Å². The minimum Gasteiger partial charge on any atom is -0.314 e.